The van der Waals surface area contributed by atoms with Crippen LogP contribution in [0.1, 0.15) is 0 Å². The first kappa shape index (κ1) is 6.67. The molecule has 0 radical (unpaired) electrons. The van der Waals surface area contributed by atoms with E-state index in [4.69, 9.17) is 4.42 Å². The first-order valence-electron chi connectivity index (χ1n) is 2.99. The van der Waals surface area contributed by atoms with Crippen LogP contribution < -0.4 is 0 Å². The molecule has 0 bridgehead atoms. The second kappa shape index (κ2) is 2.23. The summed E-state index contributed by atoms with van der Waals surface area (Å²) in [6, 6.07) is 3.28. The fraction of sp³-hybridized carbons (Fsp3) is 0. The van der Waals surface area contributed by atoms with Gasteiger partial charge in [0.15, 0.2) is 17.7 Å². The Bertz CT molecular complexity index is 360. The number of nitrogens with zero attached hydrogens (tertiary/aromatic N) is 1. The molecule has 0 aliphatic rings. The van der Waals surface area contributed by atoms with Crippen LogP contribution in [0.4, 0.5) is 0 Å². The minimum atomic E-state index is 0.112. The number of hydrogen-bond donors (Lipinski definition) is 1. The zero-order valence-electron chi connectivity index (χ0n) is 5.41. The van der Waals surface area contributed by atoms with E-state index in [2.05, 4.69) is 20.9 Å². The number of aromatic hydroxyl groups is 1. The number of hydrogen-bond acceptors (Lipinski definition) is 3. The van der Waals surface area contributed by atoms with Gasteiger partial charge in [0.1, 0.15) is 5.52 Å². The zero-order chi connectivity index (χ0) is 7.84. The van der Waals surface area contributed by atoms with E-state index in [1.807, 2.05) is 0 Å². The normalized spacial score (nSPS) is 10.6. The van der Waals surface area contributed by atoms with Gasteiger partial charge in [-0.1, -0.05) is 0 Å². The molecule has 3 nitrogen and oxygen atoms in total. The van der Waals surface area contributed by atoms with Crippen molar-refractivity contribution in [3.63, 3.8) is 0 Å². The Kier molecular flexibility index (Phi) is 1.35. The van der Waals surface area contributed by atoms with E-state index in [1.165, 1.54) is 6.39 Å². The van der Waals surface area contributed by atoms with E-state index in [1.54, 1.807) is 12.1 Å². The fourth-order valence-corrected chi connectivity index (χ4v) is 1.32. The van der Waals surface area contributed by atoms with Gasteiger partial charge >= 0.3 is 0 Å². The van der Waals surface area contributed by atoms with Crippen molar-refractivity contribution in [2.24, 2.45) is 0 Å². The highest BCUT2D eigenvalue weighted by atomic mass is 79.9. The first-order valence-corrected chi connectivity index (χ1v) is 3.79. The van der Waals surface area contributed by atoms with Crippen LogP contribution in [0.5, 0.6) is 5.75 Å². The molecule has 0 saturated carbocycles. The Balaban J connectivity index is 2.96. The highest BCUT2D eigenvalue weighted by Gasteiger charge is 2.06. The topological polar surface area (TPSA) is 46.3 Å². The van der Waals surface area contributed by atoms with E-state index in [0.717, 1.165) is 4.47 Å². The van der Waals surface area contributed by atoms with Crippen LogP contribution >= 0.6 is 15.9 Å². The average Bonchev–Trinajstić information content (AvgIpc) is 2.45. The monoisotopic (exact) mass is 213 g/mol. The standard InChI is InChI=1S/C7H4BrNO2/c8-4-1-2-5(10)7-6(4)9-3-11-7/h1-3,10H. The van der Waals surface area contributed by atoms with Crippen molar-refractivity contribution in [3.8, 4) is 5.75 Å². The summed E-state index contributed by atoms with van der Waals surface area (Å²) in [5.74, 6) is 0.112. The Morgan fingerprint density at radius 3 is 3.00 bits per heavy atom. The van der Waals surface area contributed by atoms with Crippen molar-refractivity contribution in [1.29, 1.82) is 0 Å². The molecule has 0 atom stereocenters. The lowest BCUT2D eigenvalue weighted by Gasteiger charge is -1.92. The fourth-order valence-electron chi connectivity index (χ4n) is 0.905. The summed E-state index contributed by atoms with van der Waals surface area (Å²) in [5, 5.41) is 9.23. The summed E-state index contributed by atoms with van der Waals surface area (Å²) in [6.07, 6.45) is 1.30. The number of fused-ring (bicyclic) bond motifs is 1. The van der Waals surface area contributed by atoms with Crippen molar-refractivity contribution in [2.45, 2.75) is 0 Å². The van der Waals surface area contributed by atoms with E-state index in [-0.39, 0.29) is 5.75 Å². The highest BCUT2D eigenvalue weighted by molar-refractivity contribution is 9.10. The molecule has 0 unspecified atom stereocenters. The van der Waals surface area contributed by atoms with Gasteiger partial charge in [-0.05, 0) is 28.1 Å². The minimum absolute atomic E-state index is 0.112. The second-order valence-electron chi connectivity index (χ2n) is 2.10. The molecule has 56 valence electrons. The van der Waals surface area contributed by atoms with Gasteiger partial charge in [-0.3, -0.25) is 0 Å². The van der Waals surface area contributed by atoms with Crippen LogP contribution in [-0.4, -0.2) is 10.1 Å². The number of phenolic OH excluding ortho intramolecular Hbond substituents is 1. The van der Waals surface area contributed by atoms with E-state index >= 15 is 0 Å². The lowest BCUT2D eigenvalue weighted by molar-refractivity contribution is 0.464. The van der Waals surface area contributed by atoms with Crippen molar-refractivity contribution in [3.05, 3.63) is 23.0 Å². The summed E-state index contributed by atoms with van der Waals surface area (Å²) in [6.45, 7) is 0. The van der Waals surface area contributed by atoms with Gasteiger partial charge in [0.25, 0.3) is 0 Å². The SMILES string of the molecule is Oc1ccc(Br)c2ncoc12. The van der Waals surface area contributed by atoms with E-state index in [9.17, 15) is 5.11 Å². The molecule has 0 saturated heterocycles. The van der Waals surface area contributed by atoms with Gasteiger partial charge in [-0.25, -0.2) is 4.98 Å². The predicted molar refractivity (Wildman–Crippen MR) is 43.4 cm³/mol. The second-order valence-corrected chi connectivity index (χ2v) is 2.95. The molecule has 1 N–H and O–H groups in total. The zero-order valence-corrected chi connectivity index (χ0v) is 7.00. The first-order chi connectivity index (χ1) is 5.29. The van der Waals surface area contributed by atoms with Crippen LogP contribution in [0.2, 0.25) is 0 Å². The molecule has 0 aliphatic heterocycles. The highest BCUT2D eigenvalue weighted by Crippen LogP contribution is 2.29. The van der Waals surface area contributed by atoms with Crippen LogP contribution in [0, 0.1) is 0 Å². The average molecular weight is 214 g/mol. The Labute approximate surface area is 70.8 Å². The number of phenols is 1. The van der Waals surface area contributed by atoms with Gasteiger partial charge < -0.3 is 9.52 Å². The largest absolute Gasteiger partial charge is 0.504 e. The lowest BCUT2D eigenvalue weighted by atomic mass is 10.3. The third kappa shape index (κ3) is 0.903. The molecule has 4 heteroatoms. The maximum absolute atomic E-state index is 9.23. The molecule has 2 rings (SSSR count). The van der Waals surface area contributed by atoms with Gasteiger partial charge in [0.2, 0.25) is 0 Å². The number of rotatable bonds is 0. The summed E-state index contributed by atoms with van der Waals surface area (Å²) in [4.78, 5) is 3.91. The van der Waals surface area contributed by atoms with Crippen molar-refractivity contribution >= 4 is 27.0 Å². The molecule has 0 aliphatic carbocycles. The molecular weight excluding hydrogens is 210 g/mol. The van der Waals surface area contributed by atoms with Gasteiger partial charge in [0, 0.05) is 4.47 Å². The molecule has 1 aromatic carbocycles. The molecule has 0 amide bonds. The Morgan fingerprint density at radius 2 is 2.27 bits per heavy atom. The van der Waals surface area contributed by atoms with Crippen molar-refractivity contribution in [2.75, 3.05) is 0 Å². The Morgan fingerprint density at radius 1 is 1.45 bits per heavy atom. The number of halogens is 1. The number of aromatic nitrogens is 1. The number of oxazole rings is 1. The summed E-state index contributed by atoms with van der Waals surface area (Å²) >= 11 is 3.28. The Hall–Kier alpha value is -1.03. The van der Waals surface area contributed by atoms with Crippen LogP contribution in [0.15, 0.2) is 27.4 Å². The van der Waals surface area contributed by atoms with E-state index < -0.39 is 0 Å². The number of benzene rings is 1. The quantitative estimate of drug-likeness (QED) is 0.731. The van der Waals surface area contributed by atoms with Gasteiger partial charge in [-0.2, -0.15) is 0 Å². The third-order valence-corrected chi connectivity index (χ3v) is 2.05. The van der Waals surface area contributed by atoms with E-state index in [0.29, 0.717) is 11.1 Å². The van der Waals surface area contributed by atoms with Crippen molar-refractivity contribution < 1.29 is 9.52 Å². The van der Waals surface area contributed by atoms with Gasteiger partial charge in [0.05, 0.1) is 0 Å². The van der Waals surface area contributed by atoms with Gasteiger partial charge in [-0.15, -0.1) is 0 Å². The third-order valence-electron chi connectivity index (χ3n) is 1.41. The summed E-state index contributed by atoms with van der Waals surface area (Å²) < 4.78 is 5.76. The maximum Gasteiger partial charge on any atom is 0.197 e. The predicted octanol–water partition coefficient (Wildman–Crippen LogP) is 2.30. The molecule has 0 spiro atoms. The maximum atomic E-state index is 9.23. The van der Waals surface area contributed by atoms with Crippen LogP contribution in [0.25, 0.3) is 11.1 Å². The molecule has 1 heterocycles. The molecule has 0 fully saturated rings. The molecule has 1 aromatic heterocycles. The smallest absolute Gasteiger partial charge is 0.197 e. The molecular formula is C7H4BrNO2. The summed E-state index contributed by atoms with van der Waals surface area (Å²) in [7, 11) is 0. The van der Waals surface area contributed by atoms with Crippen LogP contribution in [0.3, 0.4) is 0 Å². The van der Waals surface area contributed by atoms with Crippen molar-refractivity contribution in [1.82, 2.24) is 4.98 Å². The lowest BCUT2D eigenvalue weighted by Crippen LogP contribution is -1.70. The summed E-state index contributed by atoms with van der Waals surface area (Å²) in [5.41, 5.74) is 1.06. The molecule has 2 aromatic rings. The molecule has 11 heavy (non-hydrogen) atoms. The minimum Gasteiger partial charge on any atom is -0.504 e. The van der Waals surface area contributed by atoms with Crippen LogP contribution in [-0.2, 0) is 0 Å².